The monoisotopic (exact) mass is 354 g/mol. The van der Waals surface area contributed by atoms with Gasteiger partial charge in [0, 0.05) is 11.5 Å². The molecule has 2 rings (SSSR count). The number of alkyl halides is 3. The van der Waals surface area contributed by atoms with E-state index in [1.165, 1.54) is 0 Å². The molecule has 130 valence electrons. The highest BCUT2D eigenvalue weighted by molar-refractivity contribution is 6.21. The van der Waals surface area contributed by atoms with Crippen LogP contribution in [0.15, 0.2) is 12.1 Å². The fourth-order valence-electron chi connectivity index (χ4n) is 2.58. The van der Waals surface area contributed by atoms with E-state index in [0.29, 0.717) is 13.2 Å². The van der Waals surface area contributed by atoms with Crippen molar-refractivity contribution in [2.45, 2.75) is 44.3 Å². The van der Waals surface area contributed by atoms with E-state index in [4.69, 9.17) is 21.1 Å². The van der Waals surface area contributed by atoms with E-state index in [1.54, 1.807) is 0 Å². The van der Waals surface area contributed by atoms with E-state index < -0.39 is 28.9 Å². The lowest BCUT2D eigenvalue weighted by Crippen LogP contribution is -2.27. The van der Waals surface area contributed by atoms with Crippen molar-refractivity contribution in [1.82, 2.24) is 0 Å². The van der Waals surface area contributed by atoms with Gasteiger partial charge >= 0.3 is 5.38 Å². The van der Waals surface area contributed by atoms with Gasteiger partial charge < -0.3 is 9.47 Å². The Hall–Kier alpha value is -0.850. The molecule has 7 heteroatoms. The Kier molecular flexibility index (Phi) is 6.28. The molecule has 0 amide bonds. The summed E-state index contributed by atoms with van der Waals surface area (Å²) in [7, 11) is 0. The van der Waals surface area contributed by atoms with Crippen molar-refractivity contribution in [3.63, 3.8) is 0 Å². The molecule has 2 nitrogen and oxygen atoms in total. The standard InChI is InChI=1S/C16H19ClF4O2/c1-2-3-4-5-10-8-22-15(23-9-10)11-6-12(18)14(13(19)7-11)16(17,20)21/h6-7,10,15H,2-5,8-9H2,1H3. The highest BCUT2D eigenvalue weighted by atomic mass is 35.5. The number of halogens is 5. The van der Waals surface area contributed by atoms with Crippen LogP contribution in [0.2, 0.25) is 0 Å². The first-order chi connectivity index (χ1) is 10.8. The van der Waals surface area contributed by atoms with Crippen molar-refractivity contribution in [3.8, 4) is 0 Å². The maximum atomic E-state index is 13.7. The molecule has 0 bridgehead atoms. The van der Waals surface area contributed by atoms with Crippen LogP contribution in [-0.4, -0.2) is 13.2 Å². The van der Waals surface area contributed by atoms with Crippen LogP contribution in [0, 0.1) is 17.6 Å². The summed E-state index contributed by atoms with van der Waals surface area (Å²) in [6, 6.07) is 1.55. The van der Waals surface area contributed by atoms with Crippen LogP contribution in [0.4, 0.5) is 17.6 Å². The molecule has 0 radical (unpaired) electrons. The van der Waals surface area contributed by atoms with Gasteiger partial charge in [0.05, 0.1) is 13.2 Å². The van der Waals surface area contributed by atoms with Gasteiger partial charge in [-0.15, -0.1) is 0 Å². The van der Waals surface area contributed by atoms with E-state index in [1.807, 2.05) is 0 Å². The van der Waals surface area contributed by atoms with Crippen LogP contribution in [0.1, 0.15) is 50.0 Å². The molecule has 0 saturated carbocycles. The minimum Gasteiger partial charge on any atom is -0.348 e. The highest BCUT2D eigenvalue weighted by Crippen LogP contribution is 2.38. The molecule has 1 aromatic rings. The van der Waals surface area contributed by atoms with Gasteiger partial charge in [-0.3, -0.25) is 0 Å². The second-order valence-electron chi connectivity index (χ2n) is 5.72. The van der Waals surface area contributed by atoms with E-state index in [-0.39, 0.29) is 11.5 Å². The van der Waals surface area contributed by atoms with Gasteiger partial charge in [-0.05, 0) is 30.2 Å². The summed E-state index contributed by atoms with van der Waals surface area (Å²) in [5.74, 6) is -2.60. The van der Waals surface area contributed by atoms with Crippen molar-refractivity contribution < 1.29 is 27.0 Å². The fourth-order valence-corrected chi connectivity index (χ4v) is 2.77. The summed E-state index contributed by atoms with van der Waals surface area (Å²) in [5, 5.41) is -4.11. The molecule has 23 heavy (non-hydrogen) atoms. The van der Waals surface area contributed by atoms with E-state index in [2.05, 4.69) is 6.92 Å². The smallest absolute Gasteiger partial charge is 0.348 e. The molecule has 0 aromatic heterocycles. The van der Waals surface area contributed by atoms with E-state index in [9.17, 15) is 17.6 Å². The van der Waals surface area contributed by atoms with Gasteiger partial charge in [-0.2, -0.15) is 8.78 Å². The number of benzene rings is 1. The zero-order chi connectivity index (χ0) is 17.0. The highest BCUT2D eigenvalue weighted by Gasteiger charge is 2.36. The third-order valence-electron chi connectivity index (χ3n) is 3.80. The van der Waals surface area contributed by atoms with Crippen LogP contribution < -0.4 is 0 Å². The SMILES string of the molecule is CCCCCC1COC(c2cc(F)c(C(F)(F)Cl)c(F)c2)OC1. The van der Waals surface area contributed by atoms with Gasteiger partial charge in [-0.25, -0.2) is 8.78 Å². The maximum Gasteiger partial charge on any atom is 0.353 e. The van der Waals surface area contributed by atoms with Crippen LogP contribution >= 0.6 is 11.6 Å². The first kappa shape index (κ1) is 18.5. The number of ether oxygens (including phenoxy) is 2. The number of rotatable bonds is 6. The number of hydrogen-bond donors (Lipinski definition) is 0. The molecule has 0 aliphatic carbocycles. The number of unbranched alkanes of at least 4 members (excludes halogenated alkanes) is 2. The summed E-state index contributed by atoms with van der Waals surface area (Å²) >= 11 is 4.71. The lowest BCUT2D eigenvalue weighted by molar-refractivity contribution is -0.206. The van der Waals surface area contributed by atoms with Crippen molar-refractivity contribution in [3.05, 3.63) is 34.9 Å². The summed E-state index contributed by atoms with van der Waals surface area (Å²) in [6.45, 7) is 2.93. The fraction of sp³-hybridized carbons (Fsp3) is 0.625. The third-order valence-corrected chi connectivity index (χ3v) is 3.99. The summed E-state index contributed by atoms with van der Waals surface area (Å²) in [5.41, 5.74) is -1.44. The maximum absolute atomic E-state index is 13.7. The molecule has 0 N–H and O–H groups in total. The Bertz CT molecular complexity index is 502. The van der Waals surface area contributed by atoms with Crippen LogP contribution in [0.5, 0.6) is 0 Å². The van der Waals surface area contributed by atoms with Crippen molar-refractivity contribution >= 4 is 11.6 Å². The van der Waals surface area contributed by atoms with Gasteiger partial charge in [-0.1, -0.05) is 26.2 Å². The molecule has 1 aliphatic heterocycles. The quantitative estimate of drug-likeness (QED) is 0.382. The molecule has 1 aromatic carbocycles. The van der Waals surface area contributed by atoms with Crippen LogP contribution in [0.3, 0.4) is 0 Å². The molecular formula is C16H19ClF4O2. The Morgan fingerprint density at radius 3 is 2.17 bits per heavy atom. The topological polar surface area (TPSA) is 18.5 Å². The second kappa shape index (κ2) is 7.81. The van der Waals surface area contributed by atoms with Gasteiger partial charge in [0.25, 0.3) is 0 Å². The van der Waals surface area contributed by atoms with E-state index >= 15 is 0 Å². The van der Waals surface area contributed by atoms with Crippen LogP contribution in [0.25, 0.3) is 0 Å². The molecular weight excluding hydrogens is 336 g/mol. The predicted molar refractivity (Wildman–Crippen MR) is 78.4 cm³/mol. The zero-order valence-electron chi connectivity index (χ0n) is 12.8. The summed E-state index contributed by atoms with van der Waals surface area (Å²) in [4.78, 5) is 0. The minimum atomic E-state index is -4.11. The van der Waals surface area contributed by atoms with Crippen molar-refractivity contribution in [2.75, 3.05) is 13.2 Å². The summed E-state index contributed by atoms with van der Waals surface area (Å²) in [6.07, 6.45) is 3.32. The van der Waals surface area contributed by atoms with Crippen molar-refractivity contribution in [1.29, 1.82) is 0 Å². The van der Waals surface area contributed by atoms with Crippen LogP contribution in [-0.2, 0) is 14.9 Å². The van der Waals surface area contributed by atoms with Gasteiger partial charge in [0.15, 0.2) is 6.29 Å². The molecule has 0 atom stereocenters. The van der Waals surface area contributed by atoms with E-state index in [0.717, 1.165) is 37.8 Å². The third kappa shape index (κ3) is 4.81. The second-order valence-corrected chi connectivity index (χ2v) is 6.19. The Balaban J connectivity index is 2.02. The molecule has 1 aliphatic rings. The lowest BCUT2D eigenvalue weighted by Gasteiger charge is -2.30. The average Bonchev–Trinajstić information content (AvgIpc) is 2.46. The molecule has 0 unspecified atom stereocenters. The minimum absolute atomic E-state index is 0.0247. The summed E-state index contributed by atoms with van der Waals surface area (Å²) < 4.78 is 64.3. The van der Waals surface area contributed by atoms with Gasteiger partial charge in [0.1, 0.15) is 17.2 Å². The number of hydrogen-bond acceptors (Lipinski definition) is 2. The Morgan fingerprint density at radius 2 is 1.70 bits per heavy atom. The van der Waals surface area contributed by atoms with Crippen molar-refractivity contribution in [2.24, 2.45) is 5.92 Å². The lowest BCUT2D eigenvalue weighted by atomic mass is 10.0. The zero-order valence-corrected chi connectivity index (χ0v) is 13.5. The Morgan fingerprint density at radius 1 is 1.13 bits per heavy atom. The molecule has 1 saturated heterocycles. The first-order valence-corrected chi connectivity index (χ1v) is 8.00. The molecule has 1 fully saturated rings. The average molecular weight is 355 g/mol. The Labute approximate surface area is 137 Å². The predicted octanol–water partition coefficient (Wildman–Crippen LogP) is 5.49. The first-order valence-electron chi connectivity index (χ1n) is 7.62. The molecule has 1 heterocycles. The largest absolute Gasteiger partial charge is 0.353 e. The normalized spacial score (nSPS) is 22.3. The van der Waals surface area contributed by atoms with Gasteiger partial charge in [0.2, 0.25) is 0 Å². The molecule has 0 spiro atoms.